The van der Waals surface area contributed by atoms with Crippen LogP contribution in [0, 0.1) is 0 Å². The van der Waals surface area contributed by atoms with E-state index in [0.29, 0.717) is 0 Å². The van der Waals surface area contributed by atoms with Crippen LogP contribution >= 0.6 is 0 Å². The maximum absolute atomic E-state index is 7.04. The van der Waals surface area contributed by atoms with Gasteiger partial charge in [-0.3, -0.25) is 0 Å². The summed E-state index contributed by atoms with van der Waals surface area (Å²) in [5.41, 5.74) is 8.27. The molecule has 0 aliphatic carbocycles. The highest BCUT2D eigenvalue weighted by molar-refractivity contribution is 5.23. The highest BCUT2D eigenvalue weighted by Gasteiger charge is 2.25. The lowest BCUT2D eigenvalue weighted by Gasteiger charge is -2.30. The number of hydrogen-bond donors (Lipinski definition) is 1. The topological polar surface area (TPSA) is 26.0 Å². The minimum atomic E-state index is -0.123. The first-order valence-corrected chi connectivity index (χ1v) is 14.6. The second kappa shape index (κ2) is 20.8. The van der Waals surface area contributed by atoms with Crippen molar-refractivity contribution in [1.29, 1.82) is 0 Å². The van der Waals surface area contributed by atoms with Gasteiger partial charge in [-0.2, -0.15) is 0 Å². The van der Waals surface area contributed by atoms with E-state index in [1.807, 2.05) is 0 Å². The molecular weight excluding hydrogens is 386 g/mol. The van der Waals surface area contributed by atoms with E-state index in [1.54, 1.807) is 0 Å². The Hall–Kier alpha value is -0.820. The number of benzene rings is 1. The second-order valence-corrected chi connectivity index (χ2v) is 10.4. The fraction of sp³-hybridized carbons (Fsp3) is 0.806. The molecule has 0 amide bonds. The Kier molecular flexibility index (Phi) is 19.0. The summed E-state index contributed by atoms with van der Waals surface area (Å²) in [7, 11) is 0. The summed E-state index contributed by atoms with van der Waals surface area (Å²) in [6.07, 6.45) is 30.1. The first-order valence-electron chi connectivity index (χ1n) is 14.6. The third-order valence-electron chi connectivity index (χ3n) is 7.30. The third-order valence-corrected chi connectivity index (χ3v) is 7.30. The zero-order valence-corrected chi connectivity index (χ0v) is 22.0. The van der Waals surface area contributed by atoms with Crippen LogP contribution in [-0.2, 0) is 5.54 Å². The molecule has 0 atom stereocenters. The standard InChI is InChI=1S/C31H57N/c1-3-5-7-9-11-13-15-17-19-24-28-31(32,30-26-22-21-23-27-30)29-25-20-18-16-14-12-10-8-6-4-2/h21-23,26-27H,3-20,24-25,28-29,32H2,1-2H3. The largest absolute Gasteiger partial charge is 0.321 e. The van der Waals surface area contributed by atoms with Crippen molar-refractivity contribution >= 4 is 0 Å². The van der Waals surface area contributed by atoms with Crippen LogP contribution < -0.4 is 5.73 Å². The lowest BCUT2D eigenvalue weighted by atomic mass is 9.81. The van der Waals surface area contributed by atoms with Crippen molar-refractivity contribution in [3.63, 3.8) is 0 Å². The Labute approximate surface area is 202 Å². The van der Waals surface area contributed by atoms with E-state index >= 15 is 0 Å². The van der Waals surface area contributed by atoms with Crippen LogP contribution in [0.1, 0.15) is 161 Å². The average Bonchev–Trinajstić information content (AvgIpc) is 2.82. The summed E-state index contributed by atoms with van der Waals surface area (Å²) in [6.45, 7) is 4.59. The number of hydrogen-bond acceptors (Lipinski definition) is 1. The molecule has 1 aromatic carbocycles. The van der Waals surface area contributed by atoms with E-state index in [4.69, 9.17) is 5.73 Å². The van der Waals surface area contributed by atoms with Crippen molar-refractivity contribution in [3.05, 3.63) is 35.9 Å². The zero-order valence-electron chi connectivity index (χ0n) is 22.0. The maximum atomic E-state index is 7.04. The molecule has 0 heterocycles. The number of nitrogens with two attached hydrogens (primary N) is 1. The van der Waals surface area contributed by atoms with Crippen molar-refractivity contribution < 1.29 is 0 Å². The van der Waals surface area contributed by atoms with E-state index in [1.165, 1.54) is 134 Å². The van der Waals surface area contributed by atoms with Gasteiger partial charge in [0, 0.05) is 5.54 Å². The molecule has 1 heteroatoms. The number of rotatable bonds is 23. The molecule has 1 rings (SSSR count). The first-order chi connectivity index (χ1) is 15.7. The summed E-state index contributed by atoms with van der Waals surface area (Å²) in [5, 5.41) is 0. The van der Waals surface area contributed by atoms with Gasteiger partial charge in [-0.1, -0.05) is 173 Å². The fourth-order valence-electron chi connectivity index (χ4n) is 5.04. The van der Waals surface area contributed by atoms with Gasteiger partial charge in [0.15, 0.2) is 0 Å². The Morgan fingerprint density at radius 1 is 0.469 bits per heavy atom. The minimum absolute atomic E-state index is 0.123. The summed E-state index contributed by atoms with van der Waals surface area (Å²) < 4.78 is 0. The van der Waals surface area contributed by atoms with Gasteiger partial charge in [-0.05, 0) is 18.4 Å². The molecule has 0 saturated carbocycles. The van der Waals surface area contributed by atoms with E-state index in [0.717, 1.165) is 12.8 Å². The lowest BCUT2D eigenvalue weighted by Crippen LogP contribution is -2.36. The van der Waals surface area contributed by atoms with Crippen molar-refractivity contribution in [2.24, 2.45) is 5.73 Å². The second-order valence-electron chi connectivity index (χ2n) is 10.4. The van der Waals surface area contributed by atoms with Crippen molar-refractivity contribution in [2.75, 3.05) is 0 Å². The van der Waals surface area contributed by atoms with Crippen LogP contribution in [-0.4, -0.2) is 0 Å². The van der Waals surface area contributed by atoms with Crippen LogP contribution in [0.4, 0.5) is 0 Å². The minimum Gasteiger partial charge on any atom is -0.321 e. The Morgan fingerprint density at radius 3 is 1.12 bits per heavy atom. The smallest absolute Gasteiger partial charge is 0.0409 e. The van der Waals surface area contributed by atoms with Gasteiger partial charge in [-0.15, -0.1) is 0 Å². The van der Waals surface area contributed by atoms with E-state index in [9.17, 15) is 0 Å². The molecule has 0 aliphatic rings. The highest BCUT2D eigenvalue weighted by atomic mass is 14.7. The van der Waals surface area contributed by atoms with Gasteiger partial charge in [0.2, 0.25) is 0 Å². The van der Waals surface area contributed by atoms with Crippen molar-refractivity contribution in [1.82, 2.24) is 0 Å². The highest BCUT2D eigenvalue weighted by Crippen LogP contribution is 2.31. The summed E-state index contributed by atoms with van der Waals surface area (Å²) >= 11 is 0. The van der Waals surface area contributed by atoms with Gasteiger partial charge >= 0.3 is 0 Å². The van der Waals surface area contributed by atoms with E-state index < -0.39 is 0 Å². The summed E-state index contributed by atoms with van der Waals surface area (Å²) in [6, 6.07) is 11.0. The maximum Gasteiger partial charge on any atom is 0.0409 e. The Bertz CT molecular complexity index is 470. The monoisotopic (exact) mass is 443 g/mol. The zero-order chi connectivity index (χ0) is 23.2. The predicted molar refractivity (Wildman–Crippen MR) is 145 cm³/mol. The molecule has 0 unspecified atom stereocenters. The molecule has 1 nitrogen and oxygen atoms in total. The van der Waals surface area contributed by atoms with Crippen LogP contribution in [0.15, 0.2) is 30.3 Å². The Morgan fingerprint density at radius 2 is 0.781 bits per heavy atom. The van der Waals surface area contributed by atoms with Gasteiger partial charge in [-0.25, -0.2) is 0 Å². The quantitative estimate of drug-likeness (QED) is 0.167. The van der Waals surface area contributed by atoms with Gasteiger partial charge in [0.25, 0.3) is 0 Å². The van der Waals surface area contributed by atoms with Crippen molar-refractivity contribution in [2.45, 2.75) is 161 Å². The molecule has 32 heavy (non-hydrogen) atoms. The van der Waals surface area contributed by atoms with Crippen LogP contribution in [0.3, 0.4) is 0 Å². The molecule has 0 saturated heterocycles. The number of unbranched alkanes of at least 4 members (excludes halogenated alkanes) is 18. The molecule has 0 aliphatic heterocycles. The summed E-state index contributed by atoms with van der Waals surface area (Å²) in [5.74, 6) is 0. The summed E-state index contributed by atoms with van der Waals surface area (Å²) in [4.78, 5) is 0. The molecule has 0 fully saturated rings. The van der Waals surface area contributed by atoms with Crippen LogP contribution in [0.2, 0.25) is 0 Å². The molecule has 0 spiro atoms. The third kappa shape index (κ3) is 15.1. The molecule has 186 valence electrons. The molecule has 2 N–H and O–H groups in total. The fourth-order valence-corrected chi connectivity index (χ4v) is 5.04. The van der Waals surface area contributed by atoms with Gasteiger partial charge in [0.05, 0.1) is 0 Å². The van der Waals surface area contributed by atoms with Gasteiger partial charge < -0.3 is 5.73 Å². The van der Waals surface area contributed by atoms with Gasteiger partial charge in [0.1, 0.15) is 0 Å². The Balaban J connectivity index is 2.21. The SMILES string of the molecule is CCCCCCCCCCCCC(N)(CCCCCCCCCCCC)c1ccccc1. The van der Waals surface area contributed by atoms with E-state index in [2.05, 4.69) is 44.2 Å². The molecule has 0 aromatic heterocycles. The molecule has 0 radical (unpaired) electrons. The van der Waals surface area contributed by atoms with Crippen LogP contribution in [0.25, 0.3) is 0 Å². The predicted octanol–water partition coefficient (Wildman–Crippen LogP) is 10.5. The molecular formula is C31H57N. The van der Waals surface area contributed by atoms with Crippen LogP contribution in [0.5, 0.6) is 0 Å². The molecule has 1 aromatic rings. The lowest BCUT2D eigenvalue weighted by molar-refractivity contribution is 0.343. The average molecular weight is 444 g/mol. The van der Waals surface area contributed by atoms with E-state index in [-0.39, 0.29) is 5.54 Å². The molecule has 0 bridgehead atoms. The normalized spacial score (nSPS) is 11.8. The van der Waals surface area contributed by atoms with Crippen molar-refractivity contribution in [3.8, 4) is 0 Å². The first kappa shape index (κ1) is 29.2.